The SMILES string of the molecule is N[C@@H](CC1CN2C(=O)C[C@@H]2O1)C(=O)O. The molecule has 2 fully saturated rings. The van der Waals surface area contributed by atoms with Crippen molar-refractivity contribution in [3.05, 3.63) is 0 Å². The van der Waals surface area contributed by atoms with E-state index in [2.05, 4.69) is 0 Å². The summed E-state index contributed by atoms with van der Waals surface area (Å²) in [6.45, 7) is 0.477. The summed E-state index contributed by atoms with van der Waals surface area (Å²) in [5.41, 5.74) is 5.36. The van der Waals surface area contributed by atoms with E-state index in [4.69, 9.17) is 15.6 Å². The van der Waals surface area contributed by atoms with Gasteiger partial charge in [0.15, 0.2) is 0 Å². The first-order chi connectivity index (χ1) is 6.58. The van der Waals surface area contributed by atoms with E-state index in [0.717, 1.165) is 0 Å². The molecule has 1 unspecified atom stereocenters. The molecule has 0 aromatic heterocycles. The number of carbonyl (C=O) groups excluding carboxylic acids is 1. The maximum atomic E-state index is 11.0. The molecule has 0 aliphatic carbocycles. The second-order valence-corrected chi connectivity index (χ2v) is 3.64. The van der Waals surface area contributed by atoms with Gasteiger partial charge in [0.2, 0.25) is 5.91 Å². The fourth-order valence-electron chi connectivity index (χ4n) is 1.76. The number of aliphatic carboxylic acids is 1. The predicted octanol–water partition coefficient (Wildman–Crippen LogP) is -1.25. The van der Waals surface area contributed by atoms with Crippen LogP contribution in [0.2, 0.25) is 0 Å². The van der Waals surface area contributed by atoms with Crippen LogP contribution in [0.5, 0.6) is 0 Å². The Bertz CT molecular complexity index is 281. The molecule has 6 heteroatoms. The van der Waals surface area contributed by atoms with Crippen molar-refractivity contribution < 1.29 is 19.4 Å². The number of carbonyl (C=O) groups is 2. The van der Waals surface area contributed by atoms with Gasteiger partial charge in [0.1, 0.15) is 12.3 Å². The van der Waals surface area contributed by atoms with E-state index in [1.165, 1.54) is 0 Å². The molecule has 14 heavy (non-hydrogen) atoms. The van der Waals surface area contributed by atoms with Crippen LogP contribution in [0.1, 0.15) is 12.8 Å². The van der Waals surface area contributed by atoms with E-state index in [-0.39, 0.29) is 24.7 Å². The molecular formula is C8H12N2O4. The lowest BCUT2D eigenvalue weighted by Gasteiger charge is -2.31. The predicted molar refractivity (Wildman–Crippen MR) is 45.2 cm³/mol. The molecule has 0 aromatic rings. The number of hydrogen-bond donors (Lipinski definition) is 2. The summed E-state index contributed by atoms with van der Waals surface area (Å²) in [4.78, 5) is 23.1. The average molecular weight is 200 g/mol. The first kappa shape index (κ1) is 9.42. The zero-order valence-electron chi connectivity index (χ0n) is 7.55. The van der Waals surface area contributed by atoms with Crippen LogP contribution in [0.4, 0.5) is 0 Å². The van der Waals surface area contributed by atoms with Gasteiger partial charge >= 0.3 is 5.97 Å². The van der Waals surface area contributed by atoms with Gasteiger partial charge in [-0.1, -0.05) is 0 Å². The minimum Gasteiger partial charge on any atom is -0.480 e. The summed E-state index contributed by atoms with van der Waals surface area (Å²) in [6.07, 6.45) is 0.320. The largest absolute Gasteiger partial charge is 0.480 e. The van der Waals surface area contributed by atoms with Gasteiger partial charge in [0.25, 0.3) is 0 Å². The van der Waals surface area contributed by atoms with Gasteiger partial charge in [-0.3, -0.25) is 9.59 Å². The van der Waals surface area contributed by atoms with E-state index in [0.29, 0.717) is 13.0 Å². The normalized spacial score (nSPS) is 32.4. The van der Waals surface area contributed by atoms with E-state index in [1.807, 2.05) is 0 Å². The highest BCUT2D eigenvalue weighted by Gasteiger charge is 2.45. The first-order valence-electron chi connectivity index (χ1n) is 4.51. The molecule has 78 valence electrons. The highest BCUT2D eigenvalue weighted by Crippen LogP contribution is 2.29. The summed E-state index contributed by atoms with van der Waals surface area (Å²) in [6, 6.07) is -0.909. The molecule has 2 heterocycles. The maximum Gasteiger partial charge on any atom is 0.320 e. The number of ether oxygens (including phenoxy) is 1. The molecule has 0 bridgehead atoms. The van der Waals surface area contributed by atoms with Crippen LogP contribution in [0.3, 0.4) is 0 Å². The van der Waals surface area contributed by atoms with Crippen LogP contribution in [0.15, 0.2) is 0 Å². The number of rotatable bonds is 3. The van der Waals surface area contributed by atoms with Gasteiger partial charge in [0.05, 0.1) is 12.5 Å². The second-order valence-electron chi connectivity index (χ2n) is 3.64. The molecule has 2 saturated heterocycles. The standard InChI is InChI=1S/C8H12N2O4/c9-5(8(12)13)1-4-3-10-6(11)2-7(10)14-4/h4-5,7H,1-3,9H2,(H,12,13)/t4?,5-,7-/m0/s1. The van der Waals surface area contributed by atoms with Crippen LogP contribution >= 0.6 is 0 Å². The zero-order valence-corrected chi connectivity index (χ0v) is 7.55. The summed E-state index contributed by atoms with van der Waals surface area (Å²) in [5.74, 6) is -0.962. The Labute approximate surface area is 80.6 Å². The molecule has 3 atom stereocenters. The quantitative estimate of drug-likeness (QED) is 0.555. The number of β-lactam (4-membered cyclic amide) rings is 1. The monoisotopic (exact) mass is 200 g/mol. The lowest BCUT2D eigenvalue weighted by Crippen LogP contribution is -2.48. The number of fused-ring (bicyclic) bond motifs is 1. The van der Waals surface area contributed by atoms with Crippen molar-refractivity contribution in [2.24, 2.45) is 5.73 Å². The maximum absolute atomic E-state index is 11.0. The van der Waals surface area contributed by atoms with Gasteiger partial charge in [0, 0.05) is 13.0 Å². The number of carboxylic acids is 1. The minimum atomic E-state index is -1.03. The number of nitrogens with two attached hydrogens (primary N) is 1. The lowest BCUT2D eigenvalue weighted by molar-refractivity contribution is -0.157. The Kier molecular flexibility index (Phi) is 2.16. The highest BCUT2D eigenvalue weighted by molar-refractivity contribution is 5.83. The van der Waals surface area contributed by atoms with E-state index < -0.39 is 12.0 Å². The van der Waals surface area contributed by atoms with Crippen molar-refractivity contribution in [2.75, 3.05) is 6.54 Å². The summed E-state index contributed by atoms with van der Waals surface area (Å²) < 4.78 is 5.41. The highest BCUT2D eigenvalue weighted by atomic mass is 16.5. The minimum absolute atomic E-state index is 0.0707. The number of carboxylic acid groups (broad SMARTS) is 1. The average Bonchev–Trinajstić information content (AvgIpc) is 2.42. The lowest BCUT2D eigenvalue weighted by atomic mass is 10.1. The van der Waals surface area contributed by atoms with Crippen molar-refractivity contribution >= 4 is 11.9 Å². The van der Waals surface area contributed by atoms with Gasteiger partial charge in [-0.15, -0.1) is 0 Å². The molecule has 6 nitrogen and oxygen atoms in total. The Morgan fingerprint density at radius 1 is 1.79 bits per heavy atom. The fraction of sp³-hybridized carbons (Fsp3) is 0.750. The van der Waals surface area contributed by atoms with Crippen LogP contribution in [-0.2, 0) is 14.3 Å². The van der Waals surface area contributed by atoms with Gasteiger partial charge in [-0.25, -0.2) is 0 Å². The molecule has 0 radical (unpaired) electrons. The van der Waals surface area contributed by atoms with E-state index in [9.17, 15) is 9.59 Å². The Balaban J connectivity index is 1.84. The van der Waals surface area contributed by atoms with Crippen LogP contribution in [-0.4, -0.2) is 46.8 Å². The summed E-state index contributed by atoms with van der Waals surface area (Å²) in [5, 5.41) is 8.58. The van der Waals surface area contributed by atoms with Gasteiger partial charge < -0.3 is 20.5 Å². The van der Waals surface area contributed by atoms with E-state index >= 15 is 0 Å². The molecule has 0 saturated carbocycles. The first-order valence-corrected chi connectivity index (χ1v) is 4.51. The van der Waals surface area contributed by atoms with Crippen molar-refractivity contribution in [1.82, 2.24) is 4.90 Å². The van der Waals surface area contributed by atoms with Gasteiger partial charge in [-0.2, -0.15) is 0 Å². The smallest absolute Gasteiger partial charge is 0.320 e. The summed E-state index contributed by atoms with van der Waals surface area (Å²) in [7, 11) is 0. The Morgan fingerprint density at radius 2 is 2.50 bits per heavy atom. The number of nitrogens with zero attached hydrogens (tertiary/aromatic N) is 1. The van der Waals surface area contributed by atoms with Crippen molar-refractivity contribution in [1.29, 1.82) is 0 Å². The van der Waals surface area contributed by atoms with Crippen molar-refractivity contribution in [2.45, 2.75) is 31.2 Å². The summed E-state index contributed by atoms with van der Waals surface area (Å²) >= 11 is 0. The molecule has 3 N–H and O–H groups in total. The third kappa shape index (κ3) is 1.46. The van der Waals surface area contributed by atoms with Crippen molar-refractivity contribution in [3.8, 4) is 0 Å². The Morgan fingerprint density at radius 3 is 3.00 bits per heavy atom. The van der Waals surface area contributed by atoms with Crippen LogP contribution < -0.4 is 5.73 Å². The molecule has 0 aromatic carbocycles. The Hall–Kier alpha value is -1.14. The molecule has 2 aliphatic rings. The number of amides is 1. The van der Waals surface area contributed by atoms with Crippen LogP contribution in [0.25, 0.3) is 0 Å². The second kappa shape index (κ2) is 3.21. The topological polar surface area (TPSA) is 92.9 Å². The molecular weight excluding hydrogens is 188 g/mol. The molecule has 0 spiro atoms. The third-order valence-electron chi connectivity index (χ3n) is 2.60. The van der Waals surface area contributed by atoms with Crippen molar-refractivity contribution in [3.63, 3.8) is 0 Å². The molecule has 2 aliphatic heterocycles. The molecule has 1 amide bonds. The van der Waals surface area contributed by atoms with Crippen LogP contribution in [0, 0.1) is 0 Å². The zero-order chi connectivity index (χ0) is 10.3. The third-order valence-corrected chi connectivity index (χ3v) is 2.60. The molecule has 2 rings (SSSR count). The van der Waals surface area contributed by atoms with Gasteiger partial charge in [-0.05, 0) is 0 Å². The number of hydrogen-bond acceptors (Lipinski definition) is 4. The fourth-order valence-corrected chi connectivity index (χ4v) is 1.76. The van der Waals surface area contributed by atoms with E-state index in [1.54, 1.807) is 4.90 Å².